The van der Waals surface area contributed by atoms with E-state index in [9.17, 15) is 9.90 Å². The van der Waals surface area contributed by atoms with Gasteiger partial charge in [-0.2, -0.15) is 5.10 Å². The Kier molecular flexibility index (Phi) is 4.45. The molecule has 0 aliphatic heterocycles. The van der Waals surface area contributed by atoms with Crippen molar-refractivity contribution in [2.45, 2.75) is 6.92 Å². The molecule has 6 heteroatoms. The standard InChI is InChI=1S/C15H13ClN2O3/c1-9(10-2-5-12(19)6-3-10)17-18-11-4-7-14(16)13(8-11)15(20)21/h2-8,18-19H,1H3,(H,20,21)/b17-9+. The van der Waals surface area contributed by atoms with E-state index in [1.54, 1.807) is 37.3 Å². The second-order valence-corrected chi connectivity index (χ2v) is 4.76. The van der Waals surface area contributed by atoms with Crippen LogP contribution in [-0.2, 0) is 0 Å². The Hall–Kier alpha value is -2.53. The van der Waals surface area contributed by atoms with Crippen molar-refractivity contribution in [1.82, 2.24) is 0 Å². The summed E-state index contributed by atoms with van der Waals surface area (Å²) in [6.07, 6.45) is 0. The molecule has 0 fully saturated rings. The van der Waals surface area contributed by atoms with Crippen LogP contribution in [0.15, 0.2) is 47.6 Å². The zero-order chi connectivity index (χ0) is 15.4. The predicted molar refractivity (Wildman–Crippen MR) is 82.4 cm³/mol. The van der Waals surface area contributed by atoms with Gasteiger partial charge in [0, 0.05) is 0 Å². The second-order valence-electron chi connectivity index (χ2n) is 4.36. The molecule has 2 rings (SSSR count). The van der Waals surface area contributed by atoms with Crippen molar-refractivity contribution in [3.63, 3.8) is 0 Å². The van der Waals surface area contributed by atoms with Crippen molar-refractivity contribution in [1.29, 1.82) is 0 Å². The van der Waals surface area contributed by atoms with E-state index in [1.165, 1.54) is 12.1 Å². The molecule has 3 N–H and O–H groups in total. The lowest BCUT2D eigenvalue weighted by molar-refractivity contribution is 0.0697. The monoisotopic (exact) mass is 304 g/mol. The lowest BCUT2D eigenvalue weighted by Gasteiger charge is -2.06. The van der Waals surface area contributed by atoms with Gasteiger partial charge in [-0.15, -0.1) is 0 Å². The fourth-order valence-corrected chi connectivity index (χ4v) is 1.87. The molecule has 0 aliphatic rings. The Bertz CT molecular complexity index is 697. The van der Waals surface area contributed by atoms with Crippen LogP contribution in [0.1, 0.15) is 22.8 Å². The maximum Gasteiger partial charge on any atom is 0.337 e. The fourth-order valence-electron chi connectivity index (χ4n) is 1.67. The normalized spacial score (nSPS) is 11.2. The van der Waals surface area contributed by atoms with E-state index in [0.29, 0.717) is 11.4 Å². The summed E-state index contributed by atoms with van der Waals surface area (Å²) in [5.74, 6) is -0.911. The number of hydrazone groups is 1. The molecular formula is C15H13ClN2O3. The molecule has 2 aromatic carbocycles. The maximum absolute atomic E-state index is 11.0. The maximum atomic E-state index is 11.0. The van der Waals surface area contributed by atoms with Crippen LogP contribution < -0.4 is 5.43 Å². The van der Waals surface area contributed by atoms with Gasteiger partial charge in [-0.05, 0) is 55.0 Å². The van der Waals surface area contributed by atoms with Gasteiger partial charge in [0.25, 0.3) is 0 Å². The van der Waals surface area contributed by atoms with E-state index in [-0.39, 0.29) is 16.3 Å². The summed E-state index contributed by atoms with van der Waals surface area (Å²) >= 11 is 5.80. The highest BCUT2D eigenvalue weighted by Gasteiger charge is 2.09. The first-order valence-electron chi connectivity index (χ1n) is 6.10. The lowest BCUT2D eigenvalue weighted by Crippen LogP contribution is -2.02. The molecule has 0 aromatic heterocycles. The van der Waals surface area contributed by atoms with Gasteiger partial charge in [-0.25, -0.2) is 4.79 Å². The van der Waals surface area contributed by atoms with Crippen molar-refractivity contribution < 1.29 is 15.0 Å². The Morgan fingerprint density at radius 1 is 1.19 bits per heavy atom. The first kappa shape index (κ1) is 14.9. The number of carboxylic acid groups (broad SMARTS) is 1. The molecule has 0 aliphatic carbocycles. The molecule has 5 nitrogen and oxygen atoms in total. The van der Waals surface area contributed by atoms with Gasteiger partial charge in [0.1, 0.15) is 5.75 Å². The topological polar surface area (TPSA) is 81.9 Å². The minimum Gasteiger partial charge on any atom is -0.508 e. The molecule has 21 heavy (non-hydrogen) atoms. The number of carbonyl (C=O) groups is 1. The number of aromatic carboxylic acids is 1. The van der Waals surface area contributed by atoms with E-state index >= 15 is 0 Å². The third-order valence-corrected chi connectivity index (χ3v) is 3.16. The first-order valence-corrected chi connectivity index (χ1v) is 6.47. The molecular weight excluding hydrogens is 292 g/mol. The lowest BCUT2D eigenvalue weighted by atomic mass is 10.1. The number of phenols is 1. The number of hydrogen-bond donors (Lipinski definition) is 3. The van der Waals surface area contributed by atoms with Crippen molar-refractivity contribution in [3.8, 4) is 5.75 Å². The molecule has 0 spiro atoms. The van der Waals surface area contributed by atoms with Crippen molar-refractivity contribution in [2.24, 2.45) is 5.10 Å². The molecule has 0 bridgehead atoms. The Morgan fingerprint density at radius 3 is 2.48 bits per heavy atom. The zero-order valence-electron chi connectivity index (χ0n) is 11.2. The van der Waals surface area contributed by atoms with Crippen LogP contribution in [0.4, 0.5) is 5.69 Å². The Morgan fingerprint density at radius 2 is 1.86 bits per heavy atom. The summed E-state index contributed by atoms with van der Waals surface area (Å²) in [4.78, 5) is 11.0. The highest BCUT2D eigenvalue weighted by atomic mass is 35.5. The Balaban J connectivity index is 2.18. The highest BCUT2D eigenvalue weighted by molar-refractivity contribution is 6.33. The number of halogens is 1. The van der Waals surface area contributed by atoms with Crippen LogP contribution in [0.3, 0.4) is 0 Å². The quantitative estimate of drug-likeness (QED) is 0.595. The van der Waals surface area contributed by atoms with Crippen molar-refractivity contribution in [2.75, 3.05) is 5.43 Å². The number of nitrogens with zero attached hydrogens (tertiary/aromatic N) is 1. The van der Waals surface area contributed by atoms with Gasteiger partial charge in [0.05, 0.1) is 22.0 Å². The predicted octanol–water partition coefficient (Wildman–Crippen LogP) is 3.58. The van der Waals surface area contributed by atoms with Crippen molar-refractivity contribution in [3.05, 3.63) is 58.6 Å². The number of aromatic hydroxyl groups is 1. The number of anilines is 1. The largest absolute Gasteiger partial charge is 0.508 e. The van der Waals surface area contributed by atoms with Gasteiger partial charge in [0.15, 0.2) is 0 Å². The Labute approximate surface area is 126 Å². The van der Waals surface area contributed by atoms with Crippen LogP contribution in [0.5, 0.6) is 5.75 Å². The fraction of sp³-hybridized carbons (Fsp3) is 0.0667. The molecule has 0 heterocycles. The molecule has 0 saturated heterocycles. The summed E-state index contributed by atoms with van der Waals surface area (Å²) in [6.45, 7) is 1.80. The van der Waals surface area contributed by atoms with E-state index in [1.807, 2.05) is 0 Å². The van der Waals surface area contributed by atoms with Gasteiger partial charge >= 0.3 is 5.97 Å². The minimum atomic E-state index is -1.09. The van der Waals surface area contributed by atoms with Gasteiger partial charge in [0.2, 0.25) is 0 Å². The number of nitrogens with one attached hydrogen (secondary N) is 1. The van der Waals surface area contributed by atoms with Gasteiger partial charge in [-0.3, -0.25) is 5.43 Å². The van der Waals surface area contributed by atoms with E-state index in [2.05, 4.69) is 10.5 Å². The third-order valence-electron chi connectivity index (χ3n) is 2.83. The summed E-state index contributed by atoms with van der Waals surface area (Å²) < 4.78 is 0. The smallest absolute Gasteiger partial charge is 0.337 e. The van der Waals surface area contributed by atoms with E-state index in [0.717, 1.165) is 5.56 Å². The van der Waals surface area contributed by atoms with E-state index < -0.39 is 5.97 Å². The highest BCUT2D eigenvalue weighted by Crippen LogP contribution is 2.20. The van der Waals surface area contributed by atoms with Crippen LogP contribution in [0.25, 0.3) is 0 Å². The molecule has 2 aromatic rings. The third kappa shape index (κ3) is 3.73. The average molecular weight is 305 g/mol. The van der Waals surface area contributed by atoms with Crippen LogP contribution in [0.2, 0.25) is 5.02 Å². The minimum absolute atomic E-state index is 0.0131. The van der Waals surface area contributed by atoms with Gasteiger partial charge in [-0.1, -0.05) is 11.6 Å². The van der Waals surface area contributed by atoms with E-state index in [4.69, 9.17) is 16.7 Å². The SMILES string of the molecule is C/C(=N\Nc1ccc(Cl)c(C(=O)O)c1)c1ccc(O)cc1. The summed E-state index contributed by atoms with van der Waals surface area (Å²) in [5, 5.41) is 22.6. The van der Waals surface area contributed by atoms with Gasteiger partial charge < -0.3 is 10.2 Å². The number of phenolic OH excluding ortho intramolecular Hbond substituents is 1. The first-order chi connectivity index (χ1) is 9.97. The average Bonchev–Trinajstić information content (AvgIpc) is 2.46. The number of carboxylic acids is 1. The zero-order valence-corrected chi connectivity index (χ0v) is 11.9. The summed E-state index contributed by atoms with van der Waals surface area (Å²) in [7, 11) is 0. The number of hydrogen-bond acceptors (Lipinski definition) is 4. The number of benzene rings is 2. The molecule has 0 radical (unpaired) electrons. The summed E-state index contributed by atoms with van der Waals surface area (Å²) in [5.41, 5.74) is 4.86. The van der Waals surface area contributed by atoms with Crippen LogP contribution in [-0.4, -0.2) is 21.9 Å². The molecule has 0 atom stereocenters. The molecule has 0 saturated carbocycles. The molecule has 0 amide bonds. The van der Waals surface area contributed by atoms with Crippen LogP contribution >= 0.6 is 11.6 Å². The molecule has 0 unspecified atom stereocenters. The molecule has 108 valence electrons. The van der Waals surface area contributed by atoms with Crippen molar-refractivity contribution >= 4 is 29.0 Å². The second kappa shape index (κ2) is 6.28. The summed E-state index contributed by atoms with van der Waals surface area (Å²) in [6, 6.07) is 11.2. The number of rotatable bonds is 4. The van der Waals surface area contributed by atoms with Crippen LogP contribution in [0, 0.1) is 0 Å².